The molecule has 0 spiro atoms. The van der Waals surface area contributed by atoms with Gasteiger partial charge in [0.25, 0.3) is 0 Å². The van der Waals surface area contributed by atoms with Crippen molar-refractivity contribution in [1.82, 2.24) is 5.32 Å². The third kappa shape index (κ3) is 6.26. The van der Waals surface area contributed by atoms with E-state index >= 15 is 0 Å². The molecule has 0 unspecified atom stereocenters. The first-order chi connectivity index (χ1) is 12.9. The number of ether oxygens (including phenoxy) is 1. The van der Waals surface area contributed by atoms with Gasteiger partial charge in [-0.25, -0.2) is 4.79 Å². The molecule has 0 aromatic heterocycles. The van der Waals surface area contributed by atoms with Crippen molar-refractivity contribution in [2.75, 3.05) is 0 Å². The lowest BCUT2D eigenvalue weighted by Crippen LogP contribution is -2.45. The quantitative estimate of drug-likeness (QED) is 0.698. The fourth-order valence-electron chi connectivity index (χ4n) is 2.51. The lowest BCUT2D eigenvalue weighted by Gasteiger charge is -2.21. The minimum Gasteiger partial charge on any atom is -0.459 e. The van der Waals surface area contributed by atoms with Gasteiger partial charge in [-0.2, -0.15) is 0 Å². The van der Waals surface area contributed by atoms with Gasteiger partial charge in [0.05, 0.1) is 6.42 Å². The second-order valence-corrected chi connectivity index (χ2v) is 6.62. The third-order valence-corrected chi connectivity index (χ3v) is 4.06. The summed E-state index contributed by atoms with van der Waals surface area (Å²) in [5.41, 5.74) is 7.19. The van der Waals surface area contributed by atoms with Crippen LogP contribution in [0.5, 0.6) is 0 Å². The number of nitrogens with two attached hydrogens (primary N) is 1. The van der Waals surface area contributed by atoms with Gasteiger partial charge in [-0.05, 0) is 29.2 Å². The van der Waals surface area contributed by atoms with E-state index in [1.807, 2.05) is 44.2 Å². The maximum atomic E-state index is 12.4. The fourth-order valence-corrected chi connectivity index (χ4v) is 2.51. The molecule has 27 heavy (non-hydrogen) atoms. The number of amides is 2. The lowest BCUT2D eigenvalue weighted by molar-refractivity contribution is -0.150. The monoisotopic (exact) mass is 368 g/mol. The van der Waals surface area contributed by atoms with Crippen LogP contribution in [0.25, 0.3) is 0 Å². The summed E-state index contributed by atoms with van der Waals surface area (Å²) in [7, 11) is 0. The zero-order valence-electron chi connectivity index (χ0n) is 15.5. The minimum absolute atomic E-state index is 0.0512. The van der Waals surface area contributed by atoms with Crippen molar-refractivity contribution in [1.29, 1.82) is 0 Å². The minimum atomic E-state index is -0.730. The summed E-state index contributed by atoms with van der Waals surface area (Å²) in [4.78, 5) is 35.7. The highest BCUT2D eigenvalue weighted by Crippen LogP contribution is 2.10. The summed E-state index contributed by atoms with van der Waals surface area (Å²) in [5, 5.41) is 2.75. The van der Waals surface area contributed by atoms with Crippen LogP contribution in [0.4, 0.5) is 0 Å². The Hall–Kier alpha value is -3.15. The molecule has 1 atom stereocenters. The van der Waals surface area contributed by atoms with Gasteiger partial charge in [-0.1, -0.05) is 56.3 Å². The number of esters is 1. The molecule has 0 saturated heterocycles. The molecule has 0 saturated carbocycles. The van der Waals surface area contributed by atoms with Crippen molar-refractivity contribution >= 4 is 17.8 Å². The Morgan fingerprint density at radius 3 is 2.15 bits per heavy atom. The lowest BCUT2D eigenvalue weighted by atomic mass is 10.0. The molecule has 0 aliphatic carbocycles. The van der Waals surface area contributed by atoms with Crippen LogP contribution in [0.15, 0.2) is 54.6 Å². The molecule has 2 amide bonds. The molecular formula is C21H24N2O4. The van der Waals surface area contributed by atoms with Crippen molar-refractivity contribution in [3.8, 4) is 0 Å². The predicted molar refractivity (Wildman–Crippen MR) is 102 cm³/mol. The summed E-state index contributed by atoms with van der Waals surface area (Å²) in [6.07, 6.45) is 0.200. The molecule has 2 aromatic carbocycles. The highest BCUT2D eigenvalue weighted by atomic mass is 16.5. The van der Waals surface area contributed by atoms with Crippen molar-refractivity contribution in [3.63, 3.8) is 0 Å². The second kappa shape index (κ2) is 9.52. The zero-order valence-corrected chi connectivity index (χ0v) is 15.5. The van der Waals surface area contributed by atoms with E-state index in [0.717, 1.165) is 11.1 Å². The van der Waals surface area contributed by atoms with Gasteiger partial charge in [0.15, 0.2) is 0 Å². The first-order valence-electron chi connectivity index (χ1n) is 8.75. The van der Waals surface area contributed by atoms with E-state index in [2.05, 4.69) is 5.32 Å². The largest absolute Gasteiger partial charge is 0.459 e. The maximum absolute atomic E-state index is 12.4. The summed E-state index contributed by atoms with van der Waals surface area (Å²) in [5.74, 6) is -1.36. The highest BCUT2D eigenvalue weighted by molar-refractivity contribution is 5.92. The molecule has 142 valence electrons. The predicted octanol–water partition coefficient (Wildman–Crippen LogP) is 2.21. The summed E-state index contributed by atoms with van der Waals surface area (Å²) in [6, 6.07) is 15.1. The van der Waals surface area contributed by atoms with Crippen LogP contribution >= 0.6 is 0 Å². The molecule has 0 aliphatic rings. The van der Waals surface area contributed by atoms with Gasteiger partial charge in [-0.3, -0.25) is 9.59 Å². The molecule has 6 nitrogen and oxygen atoms in total. The van der Waals surface area contributed by atoms with E-state index < -0.39 is 17.9 Å². The standard InChI is InChI=1S/C21H24N2O4/c1-14(2)19(23-18(24)12-15-6-4-3-5-7-15)21(26)27-13-16-8-10-17(11-9-16)20(22)25/h3-11,14,19H,12-13H2,1-2H3,(H2,22,25)(H,23,24)/t19-/m0/s1. The first kappa shape index (κ1) is 20.2. The number of nitrogens with one attached hydrogen (secondary N) is 1. The molecule has 0 bridgehead atoms. The number of rotatable bonds is 8. The zero-order chi connectivity index (χ0) is 19.8. The molecule has 2 rings (SSSR count). The van der Waals surface area contributed by atoms with Gasteiger partial charge >= 0.3 is 5.97 Å². The van der Waals surface area contributed by atoms with Crippen molar-refractivity contribution < 1.29 is 19.1 Å². The smallest absolute Gasteiger partial charge is 0.329 e. The van der Waals surface area contributed by atoms with E-state index in [0.29, 0.717) is 5.56 Å². The first-order valence-corrected chi connectivity index (χ1v) is 8.75. The van der Waals surface area contributed by atoms with Crippen LogP contribution < -0.4 is 11.1 Å². The van der Waals surface area contributed by atoms with E-state index in [1.165, 1.54) is 0 Å². The molecular weight excluding hydrogens is 344 g/mol. The van der Waals surface area contributed by atoms with Gasteiger partial charge < -0.3 is 15.8 Å². The average Bonchev–Trinajstić information content (AvgIpc) is 2.65. The molecule has 0 radical (unpaired) electrons. The second-order valence-electron chi connectivity index (χ2n) is 6.62. The van der Waals surface area contributed by atoms with Crippen molar-refractivity contribution in [2.24, 2.45) is 11.7 Å². The fraction of sp³-hybridized carbons (Fsp3) is 0.286. The van der Waals surface area contributed by atoms with Crippen LogP contribution in [-0.4, -0.2) is 23.8 Å². The normalized spacial score (nSPS) is 11.7. The Labute approximate surface area is 158 Å². The topological polar surface area (TPSA) is 98.5 Å². The van der Waals surface area contributed by atoms with E-state index in [1.54, 1.807) is 24.3 Å². The molecule has 3 N–H and O–H groups in total. The molecule has 0 heterocycles. The number of hydrogen-bond donors (Lipinski definition) is 2. The van der Waals surface area contributed by atoms with Gasteiger partial charge in [0.2, 0.25) is 11.8 Å². The van der Waals surface area contributed by atoms with Gasteiger partial charge in [0, 0.05) is 5.56 Å². The van der Waals surface area contributed by atoms with Gasteiger partial charge in [-0.15, -0.1) is 0 Å². The molecule has 2 aromatic rings. The number of carbonyl (C=O) groups is 3. The van der Waals surface area contributed by atoms with E-state index in [4.69, 9.17) is 10.5 Å². The van der Waals surface area contributed by atoms with Crippen LogP contribution in [-0.2, 0) is 27.4 Å². The Morgan fingerprint density at radius 1 is 0.963 bits per heavy atom. The summed E-state index contributed by atoms with van der Waals surface area (Å²) >= 11 is 0. The number of hydrogen-bond acceptors (Lipinski definition) is 4. The van der Waals surface area contributed by atoms with Gasteiger partial charge in [0.1, 0.15) is 12.6 Å². The number of benzene rings is 2. The van der Waals surface area contributed by atoms with Crippen LogP contribution in [0.2, 0.25) is 0 Å². The summed E-state index contributed by atoms with van der Waals surface area (Å²) in [6.45, 7) is 3.74. The van der Waals surface area contributed by atoms with E-state index in [-0.39, 0.29) is 24.9 Å². The Bertz CT molecular complexity index is 786. The molecule has 0 aliphatic heterocycles. The Morgan fingerprint density at radius 2 is 1.59 bits per heavy atom. The average molecular weight is 368 g/mol. The Kier molecular flexibility index (Phi) is 7.11. The van der Waals surface area contributed by atoms with Crippen LogP contribution in [0, 0.1) is 5.92 Å². The van der Waals surface area contributed by atoms with Crippen LogP contribution in [0.1, 0.15) is 35.3 Å². The molecule has 0 fully saturated rings. The maximum Gasteiger partial charge on any atom is 0.329 e. The summed E-state index contributed by atoms with van der Waals surface area (Å²) < 4.78 is 5.33. The SMILES string of the molecule is CC(C)[C@H](NC(=O)Cc1ccccc1)C(=O)OCc1ccc(C(N)=O)cc1. The van der Waals surface area contributed by atoms with Crippen molar-refractivity contribution in [3.05, 3.63) is 71.3 Å². The van der Waals surface area contributed by atoms with Crippen molar-refractivity contribution in [2.45, 2.75) is 32.9 Å². The highest BCUT2D eigenvalue weighted by Gasteiger charge is 2.25. The third-order valence-electron chi connectivity index (χ3n) is 4.06. The van der Waals surface area contributed by atoms with E-state index in [9.17, 15) is 14.4 Å². The molecule has 6 heteroatoms. The number of primary amides is 1. The number of carbonyl (C=O) groups excluding carboxylic acids is 3. The van der Waals surface area contributed by atoms with Crippen LogP contribution in [0.3, 0.4) is 0 Å². The Balaban J connectivity index is 1.92.